The number of imide groups is 1. The first-order valence-electron chi connectivity index (χ1n) is 5.10. The summed E-state index contributed by atoms with van der Waals surface area (Å²) in [6, 6.07) is 2.52. The highest BCUT2D eigenvalue weighted by molar-refractivity contribution is 5.95. The topological polar surface area (TPSA) is 102 Å². The first-order chi connectivity index (χ1) is 8.43. The minimum atomic E-state index is -1.01. The smallest absolute Gasteiger partial charge is 0.318 e. The average Bonchev–Trinajstić information content (AvgIpc) is 2.30. The molecule has 6 nitrogen and oxygen atoms in total. The monoisotopic (exact) mass is 256 g/mol. The van der Waals surface area contributed by atoms with E-state index in [2.05, 4.69) is 0 Å². The van der Waals surface area contributed by atoms with Crippen LogP contribution >= 0.6 is 0 Å². The molecule has 7 heteroatoms. The van der Waals surface area contributed by atoms with Gasteiger partial charge in [-0.1, -0.05) is 0 Å². The molecule has 1 rings (SSSR count). The van der Waals surface area contributed by atoms with Gasteiger partial charge in [-0.15, -0.1) is 0 Å². The summed E-state index contributed by atoms with van der Waals surface area (Å²) in [6.07, 6.45) is -1.01. The molecular formula is C11H13FN2O4. The molecule has 0 spiro atoms. The Labute approximate surface area is 103 Å². The molecule has 18 heavy (non-hydrogen) atoms. The van der Waals surface area contributed by atoms with E-state index in [4.69, 9.17) is 15.6 Å². The summed E-state index contributed by atoms with van der Waals surface area (Å²) in [7, 11) is 0. The number of nitrogens with two attached hydrogens (primary N) is 1. The Balaban J connectivity index is 2.78. The highest BCUT2D eigenvalue weighted by atomic mass is 19.1. The maximum atomic E-state index is 12.9. The number of primary amides is 1. The number of nitrogens with one attached hydrogen (secondary N) is 1. The highest BCUT2D eigenvalue weighted by Crippen LogP contribution is 2.20. The number of halogens is 1. The summed E-state index contributed by atoms with van der Waals surface area (Å²) in [5.74, 6) is -1.10. The minimum Gasteiger partial charge on any atom is -0.481 e. The number of urea groups is 1. The zero-order chi connectivity index (χ0) is 13.7. The van der Waals surface area contributed by atoms with E-state index in [9.17, 15) is 14.0 Å². The van der Waals surface area contributed by atoms with E-state index in [-0.39, 0.29) is 11.3 Å². The van der Waals surface area contributed by atoms with Crippen LogP contribution in [0.1, 0.15) is 12.5 Å². The molecule has 1 aromatic rings. The molecule has 0 saturated heterocycles. The van der Waals surface area contributed by atoms with E-state index in [1.807, 2.05) is 5.32 Å². The van der Waals surface area contributed by atoms with Gasteiger partial charge in [0.2, 0.25) is 0 Å². The van der Waals surface area contributed by atoms with Crippen LogP contribution in [0.5, 0.6) is 5.75 Å². The summed E-state index contributed by atoms with van der Waals surface area (Å²) in [6.45, 7) is 0.958. The Bertz CT molecular complexity index is 464. The molecule has 0 radical (unpaired) electrons. The summed E-state index contributed by atoms with van der Waals surface area (Å²) < 4.78 is 18.1. The van der Waals surface area contributed by atoms with E-state index >= 15 is 0 Å². The molecule has 4 N–H and O–H groups in total. The molecule has 0 aliphatic rings. The molecule has 0 aromatic heterocycles. The van der Waals surface area contributed by atoms with Gasteiger partial charge < -0.3 is 15.6 Å². The number of hydrogen-bond donors (Lipinski definition) is 3. The van der Waals surface area contributed by atoms with E-state index in [0.717, 1.165) is 12.1 Å². The number of carbonyl (C=O) groups excluding carboxylic acids is 2. The van der Waals surface area contributed by atoms with Gasteiger partial charge >= 0.3 is 6.03 Å². The minimum absolute atomic E-state index is 0.158. The lowest BCUT2D eigenvalue weighted by Crippen LogP contribution is -2.42. The molecule has 0 aliphatic carbocycles. The van der Waals surface area contributed by atoms with Gasteiger partial charge in [-0.2, -0.15) is 0 Å². The normalized spacial score (nSPS) is 11.7. The second kappa shape index (κ2) is 5.97. The van der Waals surface area contributed by atoms with Crippen LogP contribution in [0.3, 0.4) is 0 Å². The van der Waals surface area contributed by atoms with E-state index in [0.29, 0.717) is 0 Å². The lowest BCUT2D eigenvalue weighted by molar-refractivity contribution is -0.126. The van der Waals surface area contributed by atoms with Crippen LogP contribution < -0.4 is 15.8 Å². The van der Waals surface area contributed by atoms with Gasteiger partial charge in [-0.25, -0.2) is 9.18 Å². The number of hydrogen-bond acceptors (Lipinski definition) is 4. The number of ether oxygens (including phenoxy) is 1. The molecule has 98 valence electrons. The van der Waals surface area contributed by atoms with Crippen molar-refractivity contribution in [3.63, 3.8) is 0 Å². The number of carbonyl (C=O) groups is 2. The summed E-state index contributed by atoms with van der Waals surface area (Å²) >= 11 is 0. The van der Waals surface area contributed by atoms with Crippen molar-refractivity contribution in [3.05, 3.63) is 29.6 Å². The van der Waals surface area contributed by atoms with Crippen LogP contribution in [0.15, 0.2) is 18.2 Å². The van der Waals surface area contributed by atoms with E-state index in [1.165, 1.54) is 13.0 Å². The first-order valence-corrected chi connectivity index (χ1v) is 5.10. The lowest BCUT2D eigenvalue weighted by atomic mass is 10.2. The molecule has 1 aromatic carbocycles. The lowest BCUT2D eigenvalue weighted by Gasteiger charge is -2.15. The number of amides is 3. The summed E-state index contributed by atoms with van der Waals surface area (Å²) in [5, 5.41) is 10.9. The zero-order valence-corrected chi connectivity index (χ0v) is 9.64. The van der Waals surface area contributed by atoms with Gasteiger partial charge in [-0.05, 0) is 25.1 Å². The quantitative estimate of drug-likeness (QED) is 0.720. The molecule has 0 bridgehead atoms. The van der Waals surface area contributed by atoms with Gasteiger partial charge in [-0.3, -0.25) is 10.1 Å². The van der Waals surface area contributed by atoms with Gasteiger partial charge in [0.25, 0.3) is 5.91 Å². The standard InChI is InChI=1S/C11H13FN2O4/c1-6(10(16)14-11(13)17)18-9-3-2-8(12)4-7(9)5-15/h2-4,6,15H,5H2,1H3,(H3,13,14,16,17). The van der Waals surface area contributed by atoms with Gasteiger partial charge in [0, 0.05) is 5.56 Å². The van der Waals surface area contributed by atoms with Crippen molar-refractivity contribution in [3.8, 4) is 5.75 Å². The summed E-state index contributed by atoms with van der Waals surface area (Å²) in [4.78, 5) is 21.8. The van der Waals surface area contributed by atoms with Crippen LogP contribution in [0.2, 0.25) is 0 Å². The fourth-order valence-electron chi connectivity index (χ4n) is 1.25. The van der Waals surface area contributed by atoms with Crippen molar-refractivity contribution in [2.75, 3.05) is 0 Å². The fourth-order valence-corrected chi connectivity index (χ4v) is 1.25. The molecule has 1 atom stereocenters. The van der Waals surface area contributed by atoms with Crippen molar-refractivity contribution in [1.29, 1.82) is 0 Å². The van der Waals surface area contributed by atoms with Crippen molar-refractivity contribution in [2.45, 2.75) is 19.6 Å². The molecule has 0 aliphatic heterocycles. The predicted octanol–water partition coefficient (Wildman–Crippen LogP) is 0.280. The highest BCUT2D eigenvalue weighted by Gasteiger charge is 2.17. The number of aliphatic hydroxyl groups is 1. The van der Waals surface area contributed by atoms with Crippen LogP contribution in [0, 0.1) is 5.82 Å². The molecular weight excluding hydrogens is 243 g/mol. The van der Waals surface area contributed by atoms with Crippen molar-refractivity contribution in [2.24, 2.45) is 5.73 Å². The first kappa shape index (κ1) is 13.9. The van der Waals surface area contributed by atoms with Crippen LogP contribution in [0.25, 0.3) is 0 Å². The Morgan fingerprint density at radius 3 is 2.78 bits per heavy atom. The average molecular weight is 256 g/mol. The number of rotatable bonds is 4. The number of benzene rings is 1. The Hall–Kier alpha value is -2.15. The van der Waals surface area contributed by atoms with E-state index in [1.54, 1.807) is 0 Å². The fraction of sp³-hybridized carbons (Fsp3) is 0.273. The second-order valence-electron chi connectivity index (χ2n) is 3.52. The largest absolute Gasteiger partial charge is 0.481 e. The SMILES string of the molecule is CC(Oc1ccc(F)cc1CO)C(=O)NC(N)=O. The predicted molar refractivity (Wildman–Crippen MR) is 60.1 cm³/mol. The van der Waals surface area contributed by atoms with Crippen molar-refractivity contribution in [1.82, 2.24) is 5.32 Å². The Morgan fingerprint density at radius 2 is 2.22 bits per heavy atom. The van der Waals surface area contributed by atoms with Crippen molar-refractivity contribution >= 4 is 11.9 Å². The zero-order valence-electron chi connectivity index (χ0n) is 9.64. The Morgan fingerprint density at radius 1 is 1.56 bits per heavy atom. The van der Waals surface area contributed by atoms with Gasteiger partial charge in [0.15, 0.2) is 6.10 Å². The van der Waals surface area contributed by atoms with Crippen LogP contribution in [-0.2, 0) is 11.4 Å². The third-order valence-electron chi connectivity index (χ3n) is 2.11. The van der Waals surface area contributed by atoms with Gasteiger partial charge in [0.1, 0.15) is 11.6 Å². The molecule has 0 saturated carbocycles. The Kier molecular flexibility index (Phi) is 4.61. The molecule has 0 heterocycles. The maximum Gasteiger partial charge on any atom is 0.318 e. The van der Waals surface area contributed by atoms with Gasteiger partial charge in [0.05, 0.1) is 6.61 Å². The third kappa shape index (κ3) is 3.70. The second-order valence-corrected chi connectivity index (χ2v) is 3.52. The number of aliphatic hydroxyl groups excluding tert-OH is 1. The summed E-state index contributed by atoms with van der Waals surface area (Å²) in [5.41, 5.74) is 4.99. The molecule has 3 amide bonds. The van der Waals surface area contributed by atoms with Crippen LogP contribution in [-0.4, -0.2) is 23.1 Å². The van der Waals surface area contributed by atoms with Crippen LogP contribution in [0.4, 0.5) is 9.18 Å². The molecule has 0 fully saturated rings. The van der Waals surface area contributed by atoms with Crippen molar-refractivity contribution < 1.29 is 23.8 Å². The van der Waals surface area contributed by atoms with E-state index < -0.39 is 30.5 Å². The third-order valence-corrected chi connectivity index (χ3v) is 2.11. The maximum absolute atomic E-state index is 12.9. The molecule has 1 unspecified atom stereocenters.